The smallest absolute Gasteiger partial charge is 0.267 e. The van der Waals surface area contributed by atoms with Crippen LogP contribution in [0.2, 0.25) is 0 Å². The second-order valence-electron chi connectivity index (χ2n) is 13.4. The lowest BCUT2D eigenvalue weighted by molar-refractivity contribution is -0.903. The Labute approximate surface area is 268 Å². The van der Waals surface area contributed by atoms with Gasteiger partial charge < -0.3 is 18.4 Å². The Balaban J connectivity index is 0.000000822. The van der Waals surface area contributed by atoms with Crippen LogP contribution in [0.15, 0.2) is 30.3 Å². The first-order valence-corrected chi connectivity index (χ1v) is 19.5. The minimum atomic E-state index is -4.14. The molecule has 0 heterocycles. The lowest BCUT2D eigenvalue weighted by Crippen LogP contribution is -2.39. The molecule has 2 atom stereocenters. The Bertz CT molecular complexity index is 749. The maximum atomic E-state index is 11.8. The number of unbranched alkanes of at least 4 members (excludes halogenated alkanes) is 11. The number of nitrogens with zero attached hydrogens (tertiary/aromatic N) is 1. The van der Waals surface area contributed by atoms with Gasteiger partial charge in [-0.1, -0.05) is 155 Å². The summed E-state index contributed by atoms with van der Waals surface area (Å²) in [4.78, 5) is 11.8. The number of benzene rings is 1. The van der Waals surface area contributed by atoms with Gasteiger partial charge in [0.1, 0.15) is 6.54 Å². The van der Waals surface area contributed by atoms with Crippen molar-refractivity contribution in [2.45, 2.75) is 157 Å². The van der Waals surface area contributed by atoms with Crippen LogP contribution in [0, 0.1) is 11.8 Å². The van der Waals surface area contributed by atoms with Gasteiger partial charge in [0.25, 0.3) is 7.82 Å². The molecule has 1 aromatic rings. The summed E-state index contributed by atoms with van der Waals surface area (Å²) in [5.74, 6) is 0.607. The van der Waals surface area contributed by atoms with E-state index in [1.807, 2.05) is 0 Å². The van der Waals surface area contributed by atoms with Gasteiger partial charge in [-0.2, -0.15) is 0 Å². The highest BCUT2D eigenvalue weighted by atomic mass is 31.2. The molecule has 2 unspecified atom stereocenters. The molecule has 1 rings (SSSR count). The SMILES string of the molecule is CCCCC(CC)COP(=O)([O-])OCC(CC)CCCC.CCCCCCCCCCCC[N+](C)(C)Cc1ccccc1. The van der Waals surface area contributed by atoms with Crippen molar-refractivity contribution in [1.29, 1.82) is 0 Å². The van der Waals surface area contributed by atoms with E-state index in [1.165, 1.54) is 76.3 Å². The summed E-state index contributed by atoms with van der Waals surface area (Å²) < 4.78 is 23.0. The fourth-order valence-corrected chi connectivity index (χ4v) is 6.27. The number of phosphoric acid groups is 1. The van der Waals surface area contributed by atoms with Gasteiger partial charge in [0.2, 0.25) is 0 Å². The maximum absolute atomic E-state index is 11.8. The third-order valence-corrected chi connectivity index (χ3v) is 9.52. The number of rotatable bonds is 27. The van der Waals surface area contributed by atoms with Crippen molar-refractivity contribution in [2.24, 2.45) is 11.8 Å². The molecule has 0 aliphatic rings. The molecule has 6 heteroatoms. The third kappa shape index (κ3) is 26.2. The molecular weight excluding hydrogens is 553 g/mol. The van der Waals surface area contributed by atoms with Crippen LogP contribution in [-0.4, -0.2) is 38.3 Å². The average molecular weight is 626 g/mol. The van der Waals surface area contributed by atoms with Crippen molar-refractivity contribution in [3.8, 4) is 0 Å². The van der Waals surface area contributed by atoms with Crippen molar-refractivity contribution in [1.82, 2.24) is 0 Å². The Hall–Kier alpha value is -0.710. The molecule has 0 aliphatic carbocycles. The fourth-order valence-electron chi connectivity index (χ4n) is 5.41. The summed E-state index contributed by atoms with van der Waals surface area (Å²) in [6.45, 7) is 13.6. The van der Waals surface area contributed by atoms with Crippen LogP contribution in [0.1, 0.15) is 156 Å². The Morgan fingerprint density at radius 1 is 0.651 bits per heavy atom. The number of hydrogen-bond donors (Lipinski definition) is 0. The molecule has 43 heavy (non-hydrogen) atoms. The first-order valence-electron chi connectivity index (χ1n) is 18.1. The highest BCUT2D eigenvalue weighted by molar-refractivity contribution is 7.45. The molecule has 0 aliphatic heterocycles. The molecular formula is C37H72NO4P. The van der Waals surface area contributed by atoms with Crippen LogP contribution in [-0.2, 0) is 20.2 Å². The predicted molar refractivity (Wildman–Crippen MR) is 185 cm³/mol. The van der Waals surface area contributed by atoms with Crippen molar-refractivity contribution in [3.05, 3.63) is 35.9 Å². The van der Waals surface area contributed by atoms with Gasteiger partial charge in [-0.05, 0) is 37.5 Å². The first kappa shape index (κ1) is 42.3. The average Bonchev–Trinajstić information content (AvgIpc) is 2.99. The fraction of sp³-hybridized carbons (Fsp3) is 0.838. The Kier molecular flexibility index (Phi) is 27.1. The second kappa shape index (κ2) is 27.6. The van der Waals surface area contributed by atoms with Gasteiger partial charge in [0.15, 0.2) is 0 Å². The summed E-state index contributed by atoms with van der Waals surface area (Å²) in [5.41, 5.74) is 1.46. The first-order chi connectivity index (χ1) is 20.6. The van der Waals surface area contributed by atoms with E-state index in [4.69, 9.17) is 9.05 Å². The summed E-state index contributed by atoms with van der Waals surface area (Å²) in [5, 5.41) is 0. The Morgan fingerprint density at radius 2 is 1.07 bits per heavy atom. The van der Waals surface area contributed by atoms with Crippen LogP contribution >= 0.6 is 7.82 Å². The van der Waals surface area contributed by atoms with Gasteiger partial charge in [0.05, 0.1) is 33.9 Å². The van der Waals surface area contributed by atoms with Gasteiger partial charge in [-0.25, -0.2) is 0 Å². The van der Waals surface area contributed by atoms with Gasteiger partial charge in [-0.15, -0.1) is 0 Å². The van der Waals surface area contributed by atoms with Crippen molar-refractivity contribution >= 4 is 7.82 Å². The molecule has 0 aromatic heterocycles. The molecule has 0 N–H and O–H groups in total. The van der Waals surface area contributed by atoms with Gasteiger partial charge >= 0.3 is 0 Å². The molecule has 0 radical (unpaired) electrons. The lowest BCUT2D eigenvalue weighted by atomic mass is 10.0. The second-order valence-corrected chi connectivity index (χ2v) is 14.8. The molecule has 0 saturated heterocycles. The summed E-state index contributed by atoms with van der Waals surface area (Å²) in [6, 6.07) is 10.9. The van der Waals surface area contributed by atoms with E-state index in [9.17, 15) is 9.46 Å². The van der Waals surface area contributed by atoms with Crippen LogP contribution < -0.4 is 4.89 Å². The minimum absolute atomic E-state index is 0.253. The zero-order valence-electron chi connectivity index (χ0n) is 29.6. The van der Waals surface area contributed by atoms with E-state index in [0.717, 1.165) is 62.4 Å². The maximum Gasteiger partial charge on any atom is 0.267 e. The van der Waals surface area contributed by atoms with Crippen LogP contribution in [0.5, 0.6) is 0 Å². The minimum Gasteiger partial charge on any atom is -0.756 e. The molecule has 254 valence electrons. The molecule has 0 amide bonds. The van der Waals surface area contributed by atoms with E-state index < -0.39 is 7.82 Å². The lowest BCUT2D eigenvalue weighted by Gasteiger charge is -2.30. The highest BCUT2D eigenvalue weighted by Gasteiger charge is 2.17. The van der Waals surface area contributed by atoms with Crippen LogP contribution in [0.3, 0.4) is 0 Å². The van der Waals surface area contributed by atoms with Crippen molar-refractivity contribution in [2.75, 3.05) is 33.9 Å². The van der Waals surface area contributed by atoms with E-state index in [2.05, 4.69) is 79.0 Å². The monoisotopic (exact) mass is 626 g/mol. The highest BCUT2D eigenvalue weighted by Crippen LogP contribution is 2.40. The van der Waals surface area contributed by atoms with Gasteiger partial charge in [0, 0.05) is 5.56 Å². The summed E-state index contributed by atoms with van der Waals surface area (Å²) in [6.07, 6.45) is 22.6. The molecule has 1 aromatic carbocycles. The Morgan fingerprint density at radius 3 is 1.49 bits per heavy atom. The molecule has 0 fully saturated rings. The predicted octanol–water partition coefficient (Wildman–Crippen LogP) is 11.1. The quantitative estimate of drug-likeness (QED) is 0.0554. The zero-order chi connectivity index (χ0) is 32.2. The summed E-state index contributed by atoms with van der Waals surface area (Å²) in [7, 11) is 0.583. The number of hydrogen-bond acceptors (Lipinski definition) is 4. The zero-order valence-corrected chi connectivity index (χ0v) is 30.5. The van der Waals surface area contributed by atoms with Crippen LogP contribution in [0.25, 0.3) is 0 Å². The number of quaternary nitrogens is 1. The van der Waals surface area contributed by atoms with Crippen molar-refractivity contribution < 1.29 is 23.0 Å². The van der Waals surface area contributed by atoms with Gasteiger partial charge in [-0.3, -0.25) is 4.57 Å². The largest absolute Gasteiger partial charge is 0.756 e. The molecule has 0 spiro atoms. The van der Waals surface area contributed by atoms with E-state index in [-0.39, 0.29) is 13.2 Å². The van der Waals surface area contributed by atoms with Crippen LogP contribution in [0.4, 0.5) is 0 Å². The molecule has 5 nitrogen and oxygen atoms in total. The normalized spacial score (nSPS) is 14.5. The third-order valence-electron chi connectivity index (χ3n) is 8.59. The molecule has 0 saturated carbocycles. The molecule has 0 bridgehead atoms. The van der Waals surface area contributed by atoms with E-state index in [0.29, 0.717) is 11.8 Å². The number of phosphoric ester groups is 1. The summed E-state index contributed by atoms with van der Waals surface area (Å²) >= 11 is 0. The van der Waals surface area contributed by atoms with E-state index >= 15 is 0 Å². The van der Waals surface area contributed by atoms with Crippen molar-refractivity contribution in [3.63, 3.8) is 0 Å². The standard InChI is InChI=1S/C21H38N.C16H35O4P/c1-4-5-6-7-8-9-10-11-12-16-19-22(2,3)20-21-17-14-13-15-18-21;1-5-9-11-15(7-3)13-19-21(17,18)20-14-16(8-4)12-10-6-2/h13-15,17-18H,4-12,16,19-20H2,1-3H3;15-16H,5-14H2,1-4H3,(H,17,18)/q+1;/p-1. The van der Waals surface area contributed by atoms with E-state index in [1.54, 1.807) is 0 Å². The topological polar surface area (TPSA) is 58.6 Å².